The molecule has 0 spiro atoms. The van der Waals surface area contributed by atoms with E-state index in [0.29, 0.717) is 6.42 Å². The first-order valence-corrected chi connectivity index (χ1v) is 9.86. The van der Waals surface area contributed by atoms with Crippen molar-refractivity contribution in [3.05, 3.63) is 95.8 Å². The summed E-state index contributed by atoms with van der Waals surface area (Å²) in [7, 11) is 1.63. The summed E-state index contributed by atoms with van der Waals surface area (Å²) in [5.41, 5.74) is 4.03. The highest BCUT2D eigenvalue weighted by atomic mass is 19.3. The minimum Gasteiger partial charge on any atom is -0.496 e. The van der Waals surface area contributed by atoms with E-state index in [1.54, 1.807) is 31.8 Å². The molecule has 3 heterocycles. The molecule has 0 bridgehead atoms. The van der Waals surface area contributed by atoms with Gasteiger partial charge in [0.05, 0.1) is 19.0 Å². The van der Waals surface area contributed by atoms with E-state index in [2.05, 4.69) is 15.1 Å². The zero-order chi connectivity index (χ0) is 21.8. The summed E-state index contributed by atoms with van der Waals surface area (Å²) in [4.78, 5) is 8.55. The molecule has 0 radical (unpaired) electrons. The monoisotopic (exact) mass is 420 g/mol. The predicted octanol–water partition coefficient (Wildman–Crippen LogP) is 5.04. The zero-order valence-corrected chi connectivity index (χ0v) is 17.3. The van der Waals surface area contributed by atoms with Crippen molar-refractivity contribution in [2.45, 2.75) is 25.8 Å². The molecule has 0 saturated carbocycles. The third kappa shape index (κ3) is 4.60. The Balaban J connectivity index is 1.56. The molecule has 4 rings (SSSR count). The lowest BCUT2D eigenvalue weighted by Crippen LogP contribution is -2.23. The van der Waals surface area contributed by atoms with Crippen molar-refractivity contribution in [2.75, 3.05) is 7.11 Å². The maximum absolute atomic E-state index is 14.6. The van der Waals surface area contributed by atoms with Gasteiger partial charge in [0.15, 0.2) is 0 Å². The van der Waals surface area contributed by atoms with Gasteiger partial charge in [-0.1, -0.05) is 30.3 Å². The Hall–Kier alpha value is -3.61. The molecule has 0 saturated heterocycles. The van der Waals surface area contributed by atoms with E-state index in [1.807, 2.05) is 43.3 Å². The molecule has 158 valence electrons. The number of pyridine rings is 2. The fraction of sp³-hybridized carbons (Fsp3) is 0.208. The van der Waals surface area contributed by atoms with Gasteiger partial charge in [0.1, 0.15) is 18.0 Å². The quantitative estimate of drug-likeness (QED) is 0.420. The third-order valence-electron chi connectivity index (χ3n) is 4.98. The van der Waals surface area contributed by atoms with Gasteiger partial charge in [0.2, 0.25) is 0 Å². The number of rotatable bonds is 7. The smallest absolute Gasteiger partial charge is 0.308 e. The first kappa shape index (κ1) is 20.7. The highest BCUT2D eigenvalue weighted by Gasteiger charge is 2.34. The highest BCUT2D eigenvalue weighted by Crippen LogP contribution is 2.33. The normalized spacial score (nSPS) is 11.5. The molecule has 1 aromatic carbocycles. The molecule has 0 aliphatic heterocycles. The van der Waals surface area contributed by atoms with E-state index in [1.165, 1.54) is 16.9 Å². The Morgan fingerprint density at radius 3 is 2.48 bits per heavy atom. The first-order valence-electron chi connectivity index (χ1n) is 9.86. The number of aromatic nitrogens is 4. The first-order chi connectivity index (χ1) is 15.0. The molecule has 0 atom stereocenters. The molecule has 0 unspecified atom stereocenters. The van der Waals surface area contributed by atoms with Crippen LogP contribution in [0.1, 0.15) is 22.5 Å². The largest absolute Gasteiger partial charge is 0.496 e. The zero-order valence-electron chi connectivity index (χ0n) is 17.3. The second-order valence-corrected chi connectivity index (χ2v) is 7.35. The van der Waals surface area contributed by atoms with Gasteiger partial charge in [-0.25, -0.2) is 0 Å². The lowest BCUT2D eigenvalue weighted by atomic mass is 9.99. The Kier molecular flexibility index (Phi) is 5.75. The average Bonchev–Trinajstić information content (AvgIpc) is 3.18. The lowest BCUT2D eigenvalue weighted by molar-refractivity contribution is -0.0296. The minimum atomic E-state index is -3.12. The molecule has 0 amide bonds. The summed E-state index contributed by atoms with van der Waals surface area (Å²) >= 11 is 0. The number of hydrogen-bond donors (Lipinski definition) is 0. The van der Waals surface area contributed by atoms with Crippen LogP contribution in [0.15, 0.2) is 73.3 Å². The van der Waals surface area contributed by atoms with Crippen molar-refractivity contribution in [3.63, 3.8) is 0 Å². The molecule has 5 nitrogen and oxygen atoms in total. The number of ether oxygens (including phenoxy) is 1. The molecule has 0 N–H and O–H groups in total. The van der Waals surface area contributed by atoms with Crippen LogP contribution in [0.25, 0.3) is 11.1 Å². The van der Waals surface area contributed by atoms with Gasteiger partial charge >= 0.3 is 5.92 Å². The summed E-state index contributed by atoms with van der Waals surface area (Å²) in [6.07, 6.45) is 6.81. The molecular weight excluding hydrogens is 398 g/mol. The van der Waals surface area contributed by atoms with E-state index < -0.39 is 12.5 Å². The van der Waals surface area contributed by atoms with Gasteiger partial charge in [0, 0.05) is 36.1 Å². The molecule has 4 aromatic rings. The van der Waals surface area contributed by atoms with E-state index >= 15 is 0 Å². The topological polar surface area (TPSA) is 52.8 Å². The van der Waals surface area contributed by atoms with Crippen molar-refractivity contribution in [3.8, 4) is 16.9 Å². The summed E-state index contributed by atoms with van der Waals surface area (Å²) < 4.78 is 36.0. The van der Waals surface area contributed by atoms with Gasteiger partial charge in [0.25, 0.3) is 0 Å². The second-order valence-electron chi connectivity index (χ2n) is 7.35. The number of hydrogen-bond acceptors (Lipinski definition) is 4. The van der Waals surface area contributed by atoms with Crippen molar-refractivity contribution < 1.29 is 13.5 Å². The van der Waals surface area contributed by atoms with Gasteiger partial charge < -0.3 is 4.74 Å². The van der Waals surface area contributed by atoms with E-state index in [4.69, 9.17) is 4.74 Å². The SMILES string of the molecule is COc1ccccc1-c1cccnc1Cc1ccc(C(F)(F)Cn2cc(C)cn2)nc1. The number of nitrogens with zero attached hydrogens (tertiary/aromatic N) is 4. The summed E-state index contributed by atoms with van der Waals surface area (Å²) in [6.45, 7) is 1.26. The van der Waals surface area contributed by atoms with Crippen LogP contribution in [-0.4, -0.2) is 26.9 Å². The Morgan fingerprint density at radius 2 is 1.77 bits per heavy atom. The average molecular weight is 420 g/mol. The Labute approximate surface area is 179 Å². The van der Waals surface area contributed by atoms with Crippen LogP contribution in [0.5, 0.6) is 5.75 Å². The van der Waals surface area contributed by atoms with Gasteiger partial charge in [-0.15, -0.1) is 0 Å². The number of methoxy groups -OCH3 is 1. The highest BCUT2D eigenvalue weighted by molar-refractivity contribution is 5.72. The number of alkyl halides is 2. The lowest BCUT2D eigenvalue weighted by Gasteiger charge is -2.16. The third-order valence-corrected chi connectivity index (χ3v) is 4.98. The van der Waals surface area contributed by atoms with Crippen LogP contribution < -0.4 is 4.74 Å². The maximum atomic E-state index is 14.6. The molecule has 31 heavy (non-hydrogen) atoms. The molecule has 0 aliphatic carbocycles. The number of halogens is 2. The number of benzene rings is 1. The van der Waals surface area contributed by atoms with Crippen LogP contribution in [0.4, 0.5) is 8.78 Å². The summed E-state index contributed by atoms with van der Waals surface area (Å²) in [5, 5.41) is 3.94. The molecule has 7 heteroatoms. The predicted molar refractivity (Wildman–Crippen MR) is 114 cm³/mol. The van der Waals surface area contributed by atoms with Crippen molar-refractivity contribution in [1.82, 2.24) is 19.7 Å². The Morgan fingerprint density at radius 1 is 0.968 bits per heavy atom. The van der Waals surface area contributed by atoms with E-state index in [-0.39, 0.29) is 5.69 Å². The molecular formula is C24H22F2N4O. The maximum Gasteiger partial charge on any atom is 0.308 e. The summed E-state index contributed by atoms with van der Waals surface area (Å²) in [6, 6.07) is 14.6. The second kappa shape index (κ2) is 8.63. The molecule has 3 aromatic heterocycles. The summed E-state index contributed by atoms with van der Waals surface area (Å²) in [5.74, 6) is -2.37. The number of aryl methyl sites for hydroxylation is 1. The van der Waals surface area contributed by atoms with Crippen LogP contribution in [-0.2, 0) is 18.9 Å². The molecule has 0 fully saturated rings. The van der Waals surface area contributed by atoms with Crippen LogP contribution in [0, 0.1) is 6.92 Å². The van der Waals surface area contributed by atoms with Crippen LogP contribution >= 0.6 is 0 Å². The standard InChI is InChI=1S/C24H22F2N4O/c1-17-13-29-30(15-17)16-24(25,26)23-10-9-18(14-28-23)12-21-19(7-5-11-27-21)20-6-3-4-8-22(20)31-2/h3-11,13-15H,12,16H2,1-2H3. The Bertz CT molecular complexity index is 1170. The van der Waals surface area contributed by atoms with Gasteiger partial charge in [-0.2, -0.15) is 13.9 Å². The molecule has 0 aliphatic rings. The van der Waals surface area contributed by atoms with Crippen LogP contribution in [0.3, 0.4) is 0 Å². The van der Waals surface area contributed by atoms with Crippen molar-refractivity contribution in [1.29, 1.82) is 0 Å². The van der Waals surface area contributed by atoms with E-state index in [9.17, 15) is 8.78 Å². The fourth-order valence-electron chi connectivity index (χ4n) is 3.47. The minimum absolute atomic E-state index is 0.282. The van der Waals surface area contributed by atoms with Gasteiger partial charge in [-0.05, 0) is 36.2 Å². The van der Waals surface area contributed by atoms with Crippen molar-refractivity contribution in [2.24, 2.45) is 0 Å². The van der Waals surface area contributed by atoms with Crippen molar-refractivity contribution >= 4 is 0 Å². The van der Waals surface area contributed by atoms with E-state index in [0.717, 1.165) is 33.7 Å². The van der Waals surface area contributed by atoms with Gasteiger partial charge in [-0.3, -0.25) is 14.6 Å². The van der Waals surface area contributed by atoms with Crippen LogP contribution in [0.2, 0.25) is 0 Å². The fourth-order valence-corrected chi connectivity index (χ4v) is 3.47. The number of para-hydroxylation sites is 1.